The molecule has 5 heteroatoms. The lowest BCUT2D eigenvalue weighted by atomic mass is 10.4. The fraction of sp³-hybridized carbons (Fsp3) is 0.167. The number of aromatic nitrogens is 2. The summed E-state index contributed by atoms with van der Waals surface area (Å²) in [5, 5.41) is 8.78. The van der Waals surface area contributed by atoms with Gasteiger partial charge in [0, 0.05) is 0 Å². The third-order valence-corrected chi connectivity index (χ3v) is 1.68. The Labute approximate surface area is 73.7 Å². The first kappa shape index (κ1) is 8.18. The number of hydrogen-bond acceptors (Lipinski definition) is 3. The summed E-state index contributed by atoms with van der Waals surface area (Å²) in [5.74, 6) is 0.610. The van der Waals surface area contributed by atoms with Crippen LogP contribution in [-0.2, 0) is 0 Å². The number of aromatic amines is 1. The lowest BCUT2D eigenvalue weighted by Gasteiger charge is -1.96. The van der Waals surface area contributed by atoms with Gasteiger partial charge in [-0.3, -0.25) is 0 Å². The van der Waals surface area contributed by atoms with Gasteiger partial charge in [-0.2, -0.15) is 5.26 Å². The van der Waals surface area contributed by atoms with E-state index in [0.29, 0.717) is 5.82 Å². The van der Waals surface area contributed by atoms with E-state index < -0.39 is 0 Å². The molecule has 0 saturated heterocycles. The standard InChI is InChI=1S/C6H4ClN3S/c1-3-9-5(7)4(2-8)6(11)10-3/h1H3,(H,9,10,11). The van der Waals surface area contributed by atoms with Crippen LogP contribution in [0.3, 0.4) is 0 Å². The number of hydrogen-bond donors (Lipinski definition) is 1. The molecular formula is C6H4ClN3S. The molecule has 0 aliphatic carbocycles. The van der Waals surface area contributed by atoms with E-state index in [0.717, 1.165) is 0 Å². The highest BCUT2D eigenvalue weighted by Crippen LogP contribution is 2.11. The van der Waals surface area contributed by atoms with Gasteiger partial charge in [0.1, 0.15) is 27.3 Å². The van der Waals surface area contributed by atoms with Gasteiger partial charge in [0.2, 0.25) is 0 Å². The number of nitriles is 1. The zero-order valence-electron chi connectivity index (χ0n) is 5.68. The quantitative estimate of drug-likeness (QED) is 0.497. The Bertz CT molecular complexity index is 376. The first-order chi connectivity index (χ1) is 5.15. The van der Waals surface area contributed by atoms with E-state index in [-0.39, 0.29) is 15.4 Å². The first-order valence-corrected chi connectivity index (χ1v) is 3.60. The molecule has 0 saturated carbocycles. The van der Waals surface area contributed by atoms with Crippen molar-refractivity contribution < 1.29 is 0 Å². The molecule has 0 aliphatic heterocycles. The number of aryl methyl sites for hydroxylation is 1. The Morgan fingerprint density at radius 1 is 1.73 bits per heavy atom. The van der Waals surface area contributed by atoms with Crippen LogP contribution in [0.2, 0.25) is 5.15 Å². The summed E-state index contributed by atoms with van der Waals surface area (Å²) in [6, 6.07) is 1.86. The highest BCUT2D eigenvalue weighted by atomic mass is 35.5. The summed E-state index contributed by atoms with van der Waals surface area (Å²) >= 11 is 10.4. The van der Waals surface area contributed by atoms with Crippen molar-refractivity contribution in [2.45, 2.75) is 6.92 Å². The maximum absolute atomic E-state index is 8.53. The minimum atomic E-state index is 0.229. The van der Waals surface area contributed by atoms with Gasteiger partial charge in [-0.15, -0.1) is 0 Å². The summed E-state index contributed by atoms with van der Waals surface area (Å²) in [4.78, 5) is 6.55. The van der Waals surface area contributed by atoms with Crippen LogP contribution in [0.1, 0.15) is 11.4 Å². The van der Waals surface area contributed by atoms with Gasteiger partial charge in [-0.25, -0.2) is 4.98 Å². The van der Waals surface area contributed by atoms with Crippen LogP contribution in [0.5, 0.6) is 0 Å². The second kappa shape index (κ2) is 2.99. The highest BCUT2D eigenvalue weighted by Gasteiger charge is 2.02. The molecule has 0 fully saturated rings. The molecule has 56 valence electrons. The molecule has 0 aromatic carbocycles. The summed E-state index contributed by atoms with van der Waals surface area (Å²) in [7, 11) is 0. The van der Waals surface area contributed by atoms with Crippen molar-refractivity contribution in [3.05, 3.63) is 21.2 Å². The molecule has 0 amide bonds. The van der Waals surface area contributed by atoms with E-state index in [1.165, 1.54) is 0 Å². The maximum Gasteiger partial charge on any atom is 0.149 e. The van der Waals surface area contributed by atoms with Crippen LogP contribution in [-0.4, -0.2) is 9.97 Å². The molecule has 1 heterocycles. The third-order valence-electron chi connectivity index (χ3n) is 1.11. The monoisotopic (exact) mass is 185 g/mol. The number of nitrogens with one attached hydrogen (secondary N) is 1. The van der Waals surface area contributed by atoms with Gasteiger partial charge in [-0.1, -0.05) is 23.8 Å². The van der Waals surface area contributed by atoms with Crippen molar-refractivity contribution in [3.63, 3.8) is 0 Å². The van der Waals surface area contributed by atoms with Gasteiger partial charge in [0.05, 0.1) is 0 Å². The van der Waals surface area contributed by atoms with E-state index in [1.54, 1.807) is 6.92 Å². The van der Waals surface area contributed by atoms with E-state index in [4.69, 9.17) is 29.1 Å². The van der Waals surface area contributed by atoms with Gasteiger partial charge in [0.25, 0.3) is 0 Å². The molecule has 1 N–H and O–H groups in total. The van der Waals surface area contributed by atoms with E-state index in [9.17, 15) is 0 Å². The summed E-state index contributed by atoms with van der Waals surface area (Å²) in [5.41, 5.74) is 0.229. The molecule has 3 nitrogen and oxygen atoms in total. The minimum absolute atomic E-state index is 0.229. The van der Waals surface area contributed by atoms with Crippen molar-refractivity contribution in [1.29, 1.82) is 5.26 Å². The van der Waals surface area contributed by atoms with Crippen molar-refractivity contribution in [3.8, 4) is 6.07 Å². The molecule has 0 unspecified atom stereocenters. The second-order valence-electron chi connectivity index (χ2n) is 1.93. The fourth-order valence-electron chi connectivity index (χ4n) is 0.648. The largest absolute Gasteiger partial charge is 0.333 e. The molecule has 1 rings (SSSR count). The van der Waals surface area contributed by atoms with Crippen molar-refractivity contribution in [1.82, 2.24) is 9.97 Å². The van der Waals surface area contributed by atoms with Crippen LogP contribution in [0.4, 0.5) is 0 Å². The number of H-pyrrole nitrogens is 1. The Morgan fingerprint density at radius 3 is 2.82 bits per heavy atom. The predicted molar refractivity (Wildman–Crippen MR) is 43.9 cm³/mol. The summed E-state index contributed by atoms with van der Waals surface area (Å²) < 4.78 is 0.244. The first-order valence-electron chi connectivity index (χ1n) is 2.81. The van der Waals surface area contributed by atoms with Crippen LogP contribution >= 0.6 is 23.8 Å². The zero-order valence-corrected chi connectivity index (χ0v) is 7.25. The predicted octanol–water partition coefficient (Wildman–Crippen LogP) is 1.97. The molecule has 0 radical (unpaired) electrons. The normalized spacial score (nSPS) is 9.18. The van der Waals surface area contributed by atoms with Gasteiger partial charge >= 0.3 is 0 Å². The van der Waals surface area contributed by atoms with Crippen molar-refractivity contribution in [2.24, 2.45) is 0 Å². The average Bonchev–Trinajstić information content (AvgIpc) is 1.85. The lowest BCUT2D eigenvalue weighted by Crippen LogP contribution is -1.92. The highest BCUT2D eigenvalue weighted by molar-refractivity contribution is 7.71. The number of rotatable bonds is 0. The van der Waals surface area contributed by atoms with Crippen LogP contribution in [0.25, 0.3) is 0 Å². The molecular weight excluding hydrogens is 182 g/mol. The van der Waals surface area contributed by atoms with Crippen LogP contribution < -0.4 is 0 Å². The Hall–Kier alpha value is -0.920. The molecule has 0 spiro atoms. The van der Waals surface area contributed by atoms with E-state index in [2.05, 4.69) is 9.97 Å². The Morgan fingerprint density at radius 2 is 2.36 bits per heavy atom. The average molecular weight is 186 g/mol. The summed E-state index contributed by atoms with van der Waals surface area (Å²) in [6.07, 6.45) is 0. The van der Waals surface area contributed by atoms with Gasteiger partial charge in [-0.05, 0) is 6.92 Å². The summed E-state index contributed by atoms with van der Waals surface area (Å²) in [6.45, 7) is 1.73. The van der Waals surface area contributed by atoms with Gasteiger partial charge < -0.3 is 4.98 Å². The van der Waals surface area contributed by atoms with Crippen molar-refractivity contribution in [2.75, 3.05) is 0 Å². The lowest BCUT2D eigenvalue weighted by molar-refractivity contribution is 1.03. The molecule has 0 atom stereocenters. The number of halogens is 1. The number of nitrogens with zero attached hydrogens (tertiary/aromatic N) is 2. The SMILES string of the molecule is Cc1nc(=S)c(C#N)c(Cl)[nH]1. The molecule has 0 bridgehead atoms. The third kappa shape index (κ3) is 1.56. The Kier molecular flexibility index (Phi) is 2.22. The smallest absolute Gasteiger partial charge is 0.149 e. The van der Waals surface area contributed by atoms with Crippen molar-refractivity contribution >= 4 is 23.8 Å². The molecule has 1 aromatic rings. The maximum atomic E-state index is 8.53. The fourth-order valence-corrected chi connectivity index (χ4v) is 1.26. The molecule has 0 aliphatic rings. The van der Waals surface area contributed by atoms with Crippen LogP contribution in [0.15, 0.2) is 0 Å². The minimum Gasteiger partial charge on any atom is -0.333 e. The molecule has 11 heavy (non-hydrogen) atoms. The van der Waals surface area contributed by atoms with Gasteiger partial charge in [0.15, 0.2) is 0 Å². The zero-order chi connectivity index (χ0) is 8.43. The van der Waals surface area contributed by atoms with Crippen LogP contribution in [0, 0.1) is 22.9 Å². The molecule has 1 aromatic heterocycles. The topological polar surface area (TPSA) is 52.5 Å². The van der Waals surface area contributed by atoms with E-state index in [1.807, 2.05) is 6.07 Å². The Balaban J connectivity index is 3.53. The second-order valence-corrected chi connectivity index (χ2v) is 2.69. The van der Waals surface area contributed by atoms with E-state index >= 15 is 0 Å².